The van der Waals surface area contributed by atoms with Crippen molar-refractivity contribution in [3.05, 3.63) is 101 Å². The van der Waals surface area contributed by atoms with Crippen LogP contribution in [0.15, 0.2) is 78.9 Å². The monoisotopic (exact) mass is 381 g/mol. The first-order valence-corrected chi connectivity index (χ1v) is 9.60. The Labute approximate surface area is 170 Å². The standard InChI is InChI=1S/C24H23N5/c1-17-8-12-19(13-9-17)16-22-27-23(25-20-6-4-3-5-7-20)29-24(28-22)26-21-14-10-18(2)11-15-21/h3-15H,16H2,1-2H3,(H2,25,26,27,28,29). The third-order valence-corrected chi connectivity index (χ3v) is 4.50. The highest BCUT2D eigenvalue weighted by atomic mass is 15.2. The summed E-state index contributed by atoms with van der Waals surface area (Å²) in [6.07, 6.45) is 0.634. The maximum absolute atomic E-state index is 4.64. The molecule has 1 aromatic heterocycles. The maximum atomic E-state index is 4.64. The van der Waals surface area contributed by atoms with Crippen molar-refractivity contribution in [3.63, 3.8) is 0 Å². The Bertz CT molecular complexity index is 1010. The minimum Gasteiger partial charge on any atom is -0.324 e. The van der Waals surface area contributed by atoms with Gasteiger partial charge in [0.05, 0.1) is 0 Å². The first-order chi connectivity index (χ1) is 14.1. The number of benzene rings is 3. The van der Waals surface area contributed by atoms with Crippen molar-refractivity contribution in [2.45, 2.75) is 20.3 Å². The molecule has 144 valence electrons. The number of hydrogen-bond acceptors (Lipinski definition) is 5. The number of rotatable bonds is 6. The summed E-state index contributed by atoms with van der Waals surface area (Å²) in [5, 5.41) is 6.56. The molecular weight excluding hydrogens is 358 g/mol. The molecule has 2 N–H and O–H groups in total. The van der Waals surface area contributed by atoms with Gasteiger partial charge >= 0.3 is 0 Å². The first kappa shape index (κ1) is 18.6. The third-order valence-electron chi connectivity index (χ3n) is 4.50. The molecule has 3 aromatic carbocycles. The molecule has 4 rings (SSSR count). The van der Waals surface area contributed by atoms with Gasteiger partial charge in [-0.25, -0.2) is 0 Å². The highest BCUT2D eigenvalue weighted by Crippen LogP contribution is 2.19. The van der Waals surface area contributed by atoms with Gasteiger partial charge in [-0.15, -0.1) is 0 Å². The van der Waals surface area contributed by atoms with Gasteiger partial charge in [-0.1, -0.05) is 65.7 Å². The van der Waals surface area contributed by atoms with Crippen molar-refractivity contribution in [2.75, 3.05) is 10.6 Å². The minimum atomic E-state index is 0.517. The van der Waals surface area contributed by atoms with Crippen LogP contribution in [0.25, 0.3) is 0 Å². The van der Waals surface area contributed by atoms with E-state index in [1.165, 1.54) is 11.1 Å². The number of anilines is 4. The second-order valence-electron chi connectivity index (χ2n) is 7.04. The molecule has 5 nitrogen and oxygen atoms in total. The highest BCUT2D eigenvalue weighted by molar-refractivity contribution is 5.57. The number of para-hydroxylation sites is 1. The molecule has 0 bridgehead atoms. The average Bonchev–Trinajstić information content (AvgIpc) is 2.72. The van der Waals surface area contributed by atoms with E-state index >= 15 is 0 Å². The molecule has 29 heavy (non-hydrogen) atoms. The molecule has 0 saturated heterocycles. The van der Waals surface area contributed by atoms with Crippen LogP contribution in [0.4, 0.5) is 23.3 Å². The molecule has 0 amide bonds. The van der Waals surface area contributed by atoms with Crippen LogP contribution >= 0.6 is 0 Å². The molecular formula is C24H23N5. The lowest BCUT2D eigenvalue weighted by molar-refractivity contribution is 0.931. The van der Waals surface area contributed by atoms with Gasteiger partial charge in [-0.2, -0.15) is 15.0 Å². The predicted molar refractivity (Wildman–Crippen MR) is 118 cm³/mol. The number of nitrogens with one attached hydrogen (secondary N) is 2. The smallest absolute Gasteiger partial charge is 0.232 e. The zero-order valence-corrected chi connectivity index (χ0v) is 16.6. The Morgan fingerprint density at radius 1 is 0.586 bits per heavy atom. The molecule has 0 saturated carbocycles. The fourth-order valence-electron chi connectivity index (χ4n) is 2.92. The summed E-state index contributed by atoms with van der Waals surface area (Å²) >= 11 is 0. The van der Waals surface area contributed by atoms with E-state index in [4.69, 9.17) is 0 Å². The molecule has 0 aliphatic heterocycles. The van der Waals surface area contributed by atoms with Crippen LogP contribution in [0.5, 0.6) is 0 Å². The SMILES string of the molecule is Cc1ccc(Cc2nc(Nc3ccccc3)nc(Nc3ccc(C)cc3)n2)cc1. The van der Waals surface area contributed by atoms with Gasteiger partial charge in [-0.05, 0) is 43.7 Å². The van der Waals surface area contributed by atoms with Crippen LogP contribution in [-0.2, 0) is 6.42 Å². The average molecular weight is 381 g/mol. The fraction of sp³-hybridized carbons (Fsp3) is 0.125. The van der Waals surface area contributed by atoms with E-state index < -0.39 is 0 Å². The normalized spacial score (nSPS) is 10.6. The number of hydrogen-bond donors (Lipinski definition) is 2. The summed E-state index contributed by atoms with van der Waals surface area (Å²) < 4.78 is 0. The Balaban J connectivity index is 1.64. The lowest BCUT2D eigenvalue weighted by atomic mass is 10.1. The second-order valence-corrected chi connectivity index (χ2v) is 7.04. The minimum absolute atomic E-state index is 0.517. The Kier molecular flexibility index (Phi) is 5.47. The predicted octanol–water partition coefficient (Wildman–Crippen LogP) is 5.57. The zero-order chi connectivity index (χ0) is 20.1. The molecule has 0 spiro atoms. The van der Waals surface area contributed by atoms with Crippen molar-refractivity contribution in [3.8, 4) is 0 Å². The second kappa shape index (κ2) is 8.52. The Morgan fingerprint density at radius 2 is 1.10 bits per heavy atom. The molecule has 0 fully saturated rings. The van der Waals surface area contributed by atoms with Gasteiger partial charge in [0.15, 0.2) is 0 Å². The van der Waals surface area contributed by atoms with E-state index in [2.05, 4.69) is 75.8 Å². The molecule has 0 radical (unpaired) electrons. The van der Waals surface area contributed by atoms with Gasteiger partial charge in [0.1, 0.15) is 5.82 Å². The molecule has 5 heteroatoms. The summed E-state index contributed by atoms with van der Waals surface area (Å²) in [5.41, 5.74) is 5.47. The van der Waals surface area contributed by atoms with Crippen LogP contribution in [0.1, 0.15) is 22.5 Å². The van der Waals surface area contributed by atoms with E-state index in [0.717, 1.165) is 16.9 Å². The summed E-state index contributed by atoms with van der Waals surface area (Å²) in [6, 6.07) is 26.5. The van der Waals surface area contributed by atoms with Gasteiger partial charge in [0.2, 0.25) is 11.9 Å². The number of nitrogens with zero attached hydrogens (tertiary/aromatic N) is 3. The van der Waals surface area contributed by atoms with Crippen LogP contribution in [0.2, 0.25) is 0 Å². The van der Waals surface area contributed by atoms with Gasteiger partial charge in [0.25, 0.3) is 0 Å². The van der Waals surface area contributed by atoms with E-state index in [9.17, 15) is 0 Å². The van der Waals surface area contributed by atoms with Crippen molar-refractivity contribution in [2.24, 2.45) is 0 Å². The molecule has 0 atom stereocenters. The summed E-state index contributed by atoms with van der Waals surface area (Å²) in [4.78, 5) is 13.8. The molecule has 0 aliphatic carbocycles. The summed E-state index contributed by atoms with van der Waals surface area (Å²) in [5.74, 6) is 1.74. The maximum Gasteiger partial charge on any atom is 0.232 e. The third kappa shape index (κ3) is 5.17. The van der Waals surface area contributed by atoms with Crippen LogP contribution in [-0.4, -0.2) is 15.0 Å². The van der Waals surface area contributed by atoms with E-state index in [0.29, 0.717) is 24.1 Å². The van der Waals surface area contributed by atoms with Crippen molar-refractivity contribution < 1.29 is 0 Å². The van der Waals surface area contributed by atoms with Crippen LogP contribution < -0.4 is 10.6 Å². The summed E-state index contributed by atoms with van der Waals surface area (Å²) in [6.45, 7) is 4.15. The Morgan fingerprint density at radius 3 is 1.69 bits per heavy atom. The number of aryl methyl sites for hydroxylation is 2. The fourth-order valence-corrected chi connectivity index (χ4v) is 2.92. The lowest BCUT2D eigenvalue weighted by Crippen LogP contribution is -2.08. The van der Waals surface area contributed by atoms with Crippen molar-refractivity contribution in [1.29, 1.82) is 0 Å². The van der Waals surface area contributed by atoms with Crippen molar-refractivity contribution >= 4 is 23.3 Å². The topological polar surface area (TPSA) is 62.7 Å². The molecule has 1 heterocycles. The van der Waals surface area contributed by atoms with Gasteiger partial charge in [-0.3, -0.25) is 0 Å². The zero-order valence-electron chi connectivity index (χ0n) is 16.6. The number of aromatic nitrogens is 3. The van der Waals surface area contributed by atoms with E-state index in [1.807, 2.05) is 42.5 Å². The van der Waals surface area contributed by atoms with E-state index in [-0.39, 0.29) is 0 Å². The van der Waals surface area contributed by atoms with Gasteiger partial charge < -0.3 is 10.6 Å². The Hall–Kier alpha value is -3.73. The lowest BCUT2D eigenvalue weighted by Gasteiger charge is -2.11. The summed E-state index contributed by atoms with van der Waals surface area (Å²) in [7, 11) is 0. The molecule has 0 aliphatic rings. The van der Waals surface area contributed by atoms with Crippen molar-refractivity contribution in [1.82, 2.24) is 15.0 Å². The first-order valence-electron chi connectivity index (χ1n) is 9.60. The molecule has 4 aromatic rings. The quantitative estimate of drug-likeness (QED) is 0.457. The highest BCUT2D eigenvalue weighted by Gasteiger charge is 2.09. The van der Waals surface area contributed by atoms with Gasteiger partial charge in [0, 0.05) is 17.8 Å². The van der Waals surface area contributed by atoms with E-state index in [1.54, 1.807) is 0 Å². The molecule has 0 unspecified atom stereocenters. The van der Waals surface area contributed by atoms with Crippen LogP contribution in [0, 0.1) is 13.8 Å². The largest absolute Gasteiger partial charge is 0.324 e. The van der Waals surface area contributed by atoms with Crippen LogP contribution in [0.3, 0.4) is 0 Å².